The van der Waals surface area contributed by atoms with Gasteiger partial charge in [-0.3, -0.25) is 4.90 Å². The summed E-state index contributed by atoms with van der Waals surface area (Å²) in [7, 11) is -3.00. The van der Waals surface area contributed by atoms with Gasteiger partial charge in [0.25, 0.3) is 0 Å². The van der Waals surface area contributed by atoms with E-state index >= 15 is 0 Å². The first kappa shape index (κ1) is 13.3. The Labute approximate surface area is 104 Å². The highest BCUT2D eigenvalue weighted by molar-refractivity contribution is 7.89. The summed E-state index contributed by atoms with van der Waals surface area (Å²) >= 11 is 0. The van der Waals surface area contributed by atoms with Crippen molar-refractivity contribution in [1.29, 1.82) is 0 Å². The van der Waals surface area contributed by atoms with Gasteiger partial charge in [0.1, 0.15) is 0 Å². The zero-order valence-electron chi connectivity index (χ0n) is 10.5. The highest BCUT2D eigenvalue weighted by Crippen LogP contribution is 2.31. The van der Waals surface area contributed by atoms with E-state index in [2.05, 4.69) is 11.8 Å². The van der Waals surface area contributed by atoms with Crippen LogP contribution in [0.2, 0.25) is 0 Å². The fourth-order valence-electron chi connectivity index (χ4n) is 2.26. The molecule has 2 rings (SSSR count). The number of sulfonamides is 1. The van der Waals surface area contributed by atoms with Gasteiger partial charge in [0.15, 0.2) is 0 Å². The molecule has 0 amide bonds. The Balaban J connectivity index is 1.85. The van der Waals surface area contributed by atoms with Gasteiger partial charge in [-0.15, -0.1) is 0 Å². The quantitative estimate of drug-likeness (QED) is 0.737. The van der Waals surface area contributed by atoms with Crippen LogP contribution in [0.5, 0.6) is 0 Å². The molecular formula is C11H23N3O2S. The van der Waals surface area contributed by atoms with Gasteiger partial charge in [0, 0.05) is 38.8 Å². The van der Waals surface area contributed by atoms with Crippen LogP contribution < -0.4 is 5.73 Å². The standard InChI is InChI=1S/C11H23N3O2S/c1-10(8-12)13-4-6-14(7-5-13)17(15,16)9-11-2-3-11/h10-11H,2-9,12H2,1H3. The first-order chi connectivity index (χ1) is 8.03. The van der Waals surface area contributed by atoms with Gasteiger partial charge in [0.2, 0.25) is 10.0 Å². The molecule has 0 spiro atoms. The van der Waals surface area contributed by atoms with Crippen LogP contribution in [0.3, 0.4) is 0 Å². The lowest BCUT2D eigenvalue weighted by Gasteiger charge is -2.37. The number of nitrogens with two attached hydrogens (primary N) is 1. The van der Waals surface area contributed by atoms with Crippen molar-refractivity contribution in [3.8, 4) is 0 Å². The minimum atomic E-state index is -3.00. The molecule has 1 aliphatic heterocycles. The van der Waals surface area contributed by atoms with Crippen LogP contribution in [0.25, 0.3) is 0 Å². The Morgan fingerprint density at radius 2 is 1.82 bits per heavy atom. The second-order valence-corrected chi connectivity index (χ2v) is 7.26. The maximum atomic E-state index is 12.1. The van der Waals surface area contributed by atoms with Gasteiger partial charge in [-0.2, -0.15) is 4.31 Å². The van der Waals surface area contributed by atoms with E-state index in [1.54, 1.807) is 4.31 Å². The largest absolute Gasteiger partial charge is 0.329 e. The summed E-state index contributed by atoms with van der Waals surface area (Å²) in [6, 6.07) is 0.350. The van der Waals surface area contributed by atoms with E-state index in [0.29, 0.717) is 37.3 Å². The van der Waals surface area contributed by atoms with Crippen LogP contribution in [0.4, 0.5) is 0 Å². The van der Waals surface area contributed by atoms with Crippen molar-refractivity contribution in [1.82, 2.24) is 9.21 Å². The minimum Gasteiger partial charge on any atom is -0.329 e. The first-order valence-corrected chi connectivity index (χ1v) is 8.06. The molecule has 5 nitrogen and oxygen atoms in total. The topological polar surface area (TPSA) is 66.6 Å². The van der Waals surface area contributed by atoms with E-state index < -0.39 is 10.0 Å². The SMILES string of the molecule is CC(CN)N1CCN(S(=O)(=O)CC2CC2)CC1. The maximum absolute atomic E-state index is 12.1. The fraction of sp³-hybridized carbons (Fsp3) is 1.00. The van der Waals surface area contributed by atoms with Crippen LogP contribution >= 0.6 is 0 Å². The van der Waals surface area contributed by atoms with Crippen molar-refractivity contribution in [2.24, 2.45) is 11.7 Å². The predicted octanol–water partition coefficient (Wildman–Crippen LogP) is -0.309. The molecular weight excluding hydrogens is 238 g/mol. The third kappa shape index (κ3) is 3.40. The second-order valence-electron chi connectivity index (χ2n) is 5.24. The molecule has 17 heavy (non-hydrogen) atoms. The third-order valence-corrected chi connectivity index (χ3v) is 5.82. The second kappa shape index (κ2) is 5.22. The molecule has 2 aliphatic rings. The van der Waals surface area contributed by atoms with Crippen molar-refractivity contribution >= 4 is 10.0 Å². The maximum Gasteiger partial charge on any atom is 0.214 e. The fourth-order valence-corrected chi connectivity index (χ4v) is 4.12. The van der Waals surface area contributed by atoms with Gasteiger partial charge in [-0.1, -0.05) is 0 Å². The molecule has 2 N–H and O–H groups in total. The van der Waals surface area contributed by atoms with E-state index in [0.717, 1.165) is 25.9 Å². The molecule has 1 atom stereocenters. The van der Waals surface area contributed by atoms with Crippen molar-refractivity contribution < 1.29 is 8.42 Å². The van der Waals surface area contributed by atoms with Crippen LogP contribution in [0.15, 0.2) is 0 Å². The highest BCUT2D eigenvalue weighted by atomic mass is 32.2. The number of hydrogen-bond donors (Lipinski definition) is 1. The molecule has 1 heterocycles. The molecule has 1 aliphatic carbocycles. The number of piperazine rings is 1. The van der Waals surface area contributed by atoms with Gasteiger partial charge < -0.3 is 5.73 Å². The zero-order valence-corrected chi connectivity index (χ0v) is 11.3. The molecule has 0 aromatic rings. The summed E-state index contributed by atoms with van der Waals surface area (Å²) in [5.41, 5.74) is 5.62. The molecule has 1 unspecified atom stereocenters. The number of rotatable bonds is 5. The third-order valence-electron chi connectivity index (χ3n) is 3.77. The van der Waals surface area contributed by atoms with Crippen molar-refractivity contribution in [2.45, 2.75) is 25.8 Å². The zero-order chi connectivity index (χ0) is 12.5. The summed E-state index contributed by atoms with van der Waals surface area (Å²) in [6.45, 7) is 5.59. The van der Waals surface area contributed by atoms with E-state index in [1.165, 1.54) is 0 Å². The Morgan fingerprint density at radius 1 is 1.24 bits per heavy atom. The van der Waals surface area contributed by atoms with Gasteiger partial charge in [-0.05, 0) is 25.7 Å². The van der Waals surface area contributed by atoms with Gasteiger partial charge in [0.05, 0.1) is 5.75 Å². The normalized spacial score (nSPS) is 26.0. The molecule has 6 heteroatoms. The molecule has 0 bridgehead atoms. The monoisotopic (exact) mass is 261 g/mol. The van der Waals surface area contributed by atoms with Crippen LogP contribution in [-0.2, 0) is 10.0 Å². The summed E-state index contributed by atoms with van der Waals surface area (Å²) in [6.07, 6.45) is 2.17. The van der Waals surface area contributed by atoms with Crippen LogP contribution in [-0.4, -0.2) is 62.1 Å². The van der Waals surface area contributed by atoms with E-state index in [-0.39, 0.29) is 0 Å². The average Bonchev–Trinajstić information content (AvgIpc) is 3.11. The van der Waals surface area contributed by atoms with Crippen molar-refractivity contribution in [3.63, 3.8) is 0 Å². The predicted molar refractivity (Wildman–Crippen MR) is 68.2 cm³/mol. The van der Waals surface area contributed by atoms with Gasteiger partial charge in [-0.25, -0.2) is 8.42 Å². The highest BCUT2D eigenvalue weighted by Gasteiger charge is 2.33. The lowest BCUT2D eigenvalue weighted by atomic mass is 10.2. The van der Waals surface area contributed by atoms with E-state index in [9.17, 15) is 8.42 Å². The summed E-state index contributed by atoms with van der Waals surface area (Å²) in [4.78, 5) is 2.27. The molecule has 0 radical (unpaired) electrons. The summed E-state index contributed by atoms with van der Waals surface area (Å²) < 4.78 is 25.8. The van der Waals surface area contributed by atoms with Gasteiger partial charge >= 0.3 is 0 Å². The van der Waals surface area contributed by atoms with E-state index in [4.69, 9.17) is 5.73 Å². The van der Waals surface area contributed by atoms with Crippen LogP contribution in [0, 0.1) is 5.92 Å². The Morgan fingerprint density at radius 3 is 2.29 bits per heavy atom. The first-order valence-electron chi connectivity index (χ1n) is 6.45. The lowest BCUT2D eigenvalue weighted by molar-refractivity contribution is 0.148. The molecule has 2 fully saturated rings. The molecule has 1 saturated carbocycles. The van der Waals surface area contributed by atoms with E-state index in [1.807, 2.05) is 0 Å². The Bertz CT molecular complexity index is 346. The molecule has 0 aromatic carbocycles. The van der Waals surface area contributed by atoms with Crippen LogP contribution in [0.1, 0.15) is 19.8 Å². The smallest absolute Gasteiger partial charge is 0.214 e. The molecule has 0 aromatic heterocycles. The minimum absolute atomic E-state index is 0.350. The number of nitrogens with zero attached hydrogens (tertiary/aromatic N) is 2. The van der Waals surface area contributed by atoms with Crippen molar-refractivity contribution in [2.75, 3.05) is 38.5 Å². The lowest BCUT2D eigenvalue weighted by Crippen LogP contribution is -2.53. The molecule has 1 saturated heterocycles. The number of hydrogen-bond acceptors (Lipinski definition) is 4. The Kier molecular flexibility index (Phi) is 4.07. The summed E-state index contributed by atoms with van der Waals surface area (Å²) in [5.74, 6) is 0.792. The van der Waals surface area contributed by atoms with Crippen molar-refractivity contribution in [3.05, 3.63) is 0 Å². The summed E-state index contributed by atoms with van der Waals surface area (Å²) in [5, 5.41) is 0. The molecule has 100 valence electrons. The Hall–Kier alpha value is -0.170. The average molecular weight is 261 g/mol.